The molecule has 1 heterocycles. The summed E-state index contributed by atoms with van der Waals surface area (Å²) in [5.74, 6) is -0.133. The third kappa shape index (κ3) is 2.21. The zero-order chi connectivity index (χ0) is 13.6. The van der Waals surface area contributed by atoms with E-state index < -0.39 is 11.1 Å². The molecule has 0 amide bonds. The van der Waals surface area contributed by atoms with Crippen LogP contribution < -0.4 is 0 Å². The maximum atomic E-state index is 12.9. The molecule has 2 atom stereocenters. The van der Waals surface area contributed by atoms with Crippen LogP contribution in [0.1, 0.15) is 22.9 Å². The number of nitro benzene ring substituents is 1. The summed E-state index contributed by atoms with van der Waals surface area (Å²) in [7, 11) is 0. The Morgan fingerprint density at radius 1 is 1.47 bits per heavy atom. The summed E-state index contributed by atoms with van der Waals surface area (Å²) in [6.45, 7) is 1.69. The Balaban J connectivity index is 1.95. The molecule has 1 aliphatic carbocycles. The molecular formula is C12H10FN3O2S. The predicted octanol–water partition coefficient (Wildman–Crippen LogP) is 3.25. The summed E-state index contributed by atoms with van der Waals surface area (Å²) in [5.41, 5.74) is 1.31. The lowest BCUT2D eigenvalue weighted by Crippen LogP contribution is -1.91. The second-order valence-electron chi connectivity index (χ2n) is 4.56. The number of nitrogens with zero attached hydrogens (tertiary/aromatic N) is 3. The summed E-state index contributed by atoms with van der Waals surface area (Å²) in [6.07, 6.45) is -0.309. The van der Waals surface area contributed by atoms with Crippen molar-refractivity contribution in [3.8, 4) is 10.6 Å². The first-order valence-electron chi connectivity index (χ1n) is 5.79. The van der Waals surface area contributed by atoms with Gasteiger partial charge < -0.3 is 0 Å². The molecule has 0 unspecified atom stereocenters. The van der Waals surface area contributed by atoms with Gasteiger partial charge in [-0.05, 0) is 13.3 Å². The Kier molecular flexibility index (Phi) is 2.78. The largest absolute Gasteiger partial charge is 0.273 e. The molecule has 98 valence electrons. The highest BCUT2D eigenvalue weighted by atomic mass is 32.1. The van der Waals surface area contributed by atoms with E-state index in [-0.39, 0.29) is 11.6 Å². The molecular weight excluding hydrogens is 269 g/mol. The van der Waals surface area contributed by atoms with Crippen LogP contribution in [-0.4, -0.2) is 21.3 Å². The first-order chi connectivity index (χ1) is 9.06. The van der Waals surface area contributed by atoms with Crippen LogP contribution >= 0.6 is 11.3 Å². The Morgan fingerprint density at radius 2 is 2.21 bits per heavy atom. The van der Waals surface area contributed by atoms with E-state index in [0.717, 1.165) is 0 Å². The van der Waals surface area contributed by atoms with Crippen LogP contribution in [0.15, 0.2) is 18.2 Å². The van der Waals surface area contributed by atoms with E-state index in [1.54, 1.807) is 19.1 Å². The summed E-state index contributed by atoms with van der Waals surface area (Å²) in [4.78, 5) is 10.5. The Bertz CT molecular complexity index is 658. The van der Waals surface area contributed by atoms with E-state index in [4.69, 9.17) is 0 Å². The zero-order valence-corrected chi connectivity index (χ0v) is 10.9. The van der Waals surface area contributed by atoms with Crippen LogP contribution in [0.5, 0.6) is 0 Å². The van der Waals surface area contributed by atoms with Crippen LogP contribution in [0.4, 0.5) is 10.1 Å². The highest BCUT2D eigenvalue weighted by Crippen LogP contribution is 2.45. The van der Waals surface area contributed by atoms with E-state index in [1.807, 2.05) is 0 Å². The van der Waals surface area contributed by atoms with Crippen molar-refractivity contribution >= 4 is 17.0 Å². The number of alkyl halides is 1. The fourth-order valence-corrected chi connectivity index (χ4v) is 2.86. The molecule has 1 aromatic carbocycles. The average Bonchev–Trinajstić information content (AvgIpc) is 2.91. The van der Waals surface area contributed by atoms with Gasteiger partial charge >= 0.3 is 0 Å². The van der Waals surface area contributed by atoms with Gasteiger partial charge in [0.25, 0.3) is 5.69 Å². The zero-order valence-electron chi connectivity index (χ0n) is 10.0. The van der Waals surface area contributed by atoms with Gasteiger partial charge in [-0.15, -0.1) is 10.2 Å². The molecule has 0 saturated heterocycles. The maximum Gasteiger partial charge on any atom is 0.273 e. The lowest BCUT2D eigenvalue weighted by Gasteiger charge is -1.99. The number of halogens is 1. The van der Waals surface area contributed by atoms with Gasteiger partial charge in [-0.1, -0.05) is 23.5 Å². The molecule has 7 heteroatoms. The molecule has 2 aromatic rings. The maximum absolute atomic E-state index is 12.9. The molecule has 3 rings (SSSR count). The predicted molar refractivity (Wildman–Crippen MR) is 69.0 cm³/mol. The van der Waals surface area contributed by atoms with Gasteiger partial charge in [-0.25, -0.2) is 4.39 Å². The summed E-state index contributed by atoms with van der Waals surface area (Å²) in [5, 5.41) is 20.1. The average molecular weight is 279 g/mol. The van der Waals surface area contributed by atoms with Crippen LogP contribution in [0, 0.1) is 17.0 Å². The van der Waals surface area contributed by atoms with E-state index in [2.05, 4.69) is 10.2 Å². The quantitative estimate of drug-likeness (QED) is 0.638. The van der Waals surface area contributed by atoms with E-state index in [1.165, 1.54) is 17.4 Å². The topological polar surface area (TPSA) is 68.9 Å². The third-order valence-corrected chi connectivity index (χ3v) is 4.23. The summed E-state index contributed by atoms with van der Waals surface area (Å²) >= 11 is 1.30. The molecule has 19 heavy (non-hydrogen) atoms. The summed E-state index contributed by atoms with van der Waals surface area (Å²) < 4.78 is 12.9. The number of aryl methyl sites for hydroxylation is 1. The van der Waals surface area contributed by atoms with Crippen molar-refractivity contribution in [3.05, 3.63) is 38.9 Å². The molecule has 1 aromatic heterocycles. The molecule has 1 fully saturated rings. The number of nitro groups is 1. The van der Waals surface area contributed by atoms with Crippen LogP contribution in [0.2, 0.25) is 0 Å². The molecule has 0 spiro atoms. The van der Waals surface area contributed by atoms with E-state index in [0.29, 0.717) is 27.6 Å². The molecule has 0 N–H and O–H groups in total. The van der Waals surface area contributed by atoms with Crippen molar-refractivity contribution in [1.29, 1.82) is 0 Å². The molecule has 0 aliphatic heterocycles. The van der Waals surface area contributed by atoms with Gasteiger partial charge in [0.1, 0.15) is 16.2 Å². The standard InChI is InChI=1S/C12H10FN3O2S/c1-6-2-3-7(4-10(6)16(17)18)11-14-15-12(19-11)8-5-9(8)13/h2-4,8-9H,5H2,1H3/t8-,9-/m0/s1. The van der Waals surface area contributed by atoms with Gasteiger partial charge in [-0.3, -0.25) is 10.1 Å². The molecule has 5 nitrogen and oxygen atoms in total. The number of hydrogen-bond donors (Lipinski definition) is 0. The molecule has 0 radical (unpaired) electrons. The van der Waals surface area contributed by atoms with Crippen molar-refractivity contribution < 1.29 is 9.31 Å². The van der Waals surface area contributed by atoms with Crippen molar-refractivity contribution in [2.45, 2.75) is 25.4 Å². The van der Waals surface area contributed by atoms with Gasteiger partial charge in [0.05, 0.1) is 4.92 Å². The van der Waals surface area contributed by atoms with Gasteiger partial charge in [0.2, 0.25) is 0 Å². The minimum absolute atomic E-state index is 0.0593. The van der Waals surface area contributed by atoms with Gasteiger partial charge in [-0.2, -0.15) is 0 Å². The Labute approximate surface area is 112 Å². The fraction of sp³-hybridized carbons (Fsp3) is 0.333. The second-order valence-corrected chi connectivity index (χ2v) is 5.57. The summed E-state index contributed by atoms with van der Waals surface area (Å²) in [6, 6.07) is 4.94. The highest BCUT2D eigenvalue weighted by molar-refractivity contribution is 7.14. The molecule has 0 bridgehead atoms. The highest BCUT2D eigenvalue weighted by Gasteiger charge is 2.41. The second kappa shape index (κ2) is 4.34. The Hall–Kier alpha value is -1.89. The van der Waals surface area contributed by atoms with E-state index >= 15 is 0 Å². The number of aromatic nitrogens is 2. The van der Waals surface area contributed by atoms with Crippen molar-refractivity contribution in [1.82, 2.24) is 10.2 Å². The van der Waals surface area contributed by atoms with Crippen molar-refractivity contribution in [3.63, 3.8) is 0 Å². The molecule has 1 saturated carbocycles. The lowest BCUT2D eigenvalue weighted by atomic mass is 10.1. The van der Waals surface area contributed by atoms with Crippen LogP contribution in [0.25, 0.3) is 10.6 Å². The SMILES string of the molecule is Cc1ccc(-c2nnc([C@H]3C[C@@H]3F)s2)cc1[N+](=O)[O-]. The normalized spacial score (nSPS) is 21.4. The first kappa shape index (κ1) is 12.2. The number of hydrogen-bond acceptors (Lipinski definition) is 5. The lowest BCUT2D eigenvalue weighted by molar-refractivity contribution is -0.385. The van der Waals surface area contributed by atoms with Crippen LogP contribution in [0.3, 0.4) is 0 Å². The number of rotatable bonds is 3. The third-order valence-electron chi connectivity index (χ3n) is 3.12. The van der Waals surface area contributed by atoms with Gasteiger partial charge in [0.15, 0.2) is 0 Å². The minimum atomic E-state index is -0.812. The first-order valence-corrected chi connectivity index (χ1v) is 6.61. The minimum Gasteiger partial charge on any atom is -0.258 e. The molecule has 1 aliphatic rings. The smallest absolute Gasteiger partial charge is 0.258 e. The Morgan fingerprint density at radius 3 is 2.84 bits per heavy atom. The fourth-order valence-electron chi connectivity index (χ4n) is 1.86. The van der Waals surface area contributed by atoms with Crippen LogP contribution in [-0.2, 0) is 0 Å². The van der Waals surface area contributed by atoms with Crippen molar-refractivity contribution in [2.75, 3.05) is 0 Å². The van der Waals surface area contributed by atoms with E-state index in [9.17, 15) is 14.5 Å². The van der Waals surface area contributed by atoms with Gasteiger partial charge in [0, 0.05) is 23.1 Å². The number of benzene rings is 1. The monoisotopic (exact) mass is 279 g/mol. The van der Waals surface area contributed by atoms with Crippen molar-refractivity contribution in [2.24, 2.45) is 0 Å².